The van der Waals surface area contributed by atoms with E-state index in [1.165, 1.54) is 0 Å². The van der Waals surface area contributed by atoms with Crippen molar-refractivity contribution in [3.63, 3.8) is 0 Å². The number of carbonyl (C=O) groups excluding carboxylic acids is 2. The first-order valence-electron chi connectivity index (χ1n) is 11.6. The Bertz CT molecular complexity index is 1070. The lowest BCUT2D eigenvalue weighted by molar-refractivity contribution is -0.119. The molecule has 0 aliphatic carbocycles. The standard InChI is InChI=1S/C26H33N5O2/c1-16-9-8-10-20(15-16)27-26(33)29-23-25(32)30(5)22-12-7-6-11-21(22)24(28-23)31-18(3)13-17(2)14-19(31)4/h6-12,15,17-19,23H,13-14H2,1-5H3,(H2,27,29,33). The smallest absolute Gasteiger partial charge is 0.321 e. The number of anilines is 2. The van der Waals surface area contributed by atoms with E-state index >= 15 is 0 Å². The van der Waals surface area contributed by atoms with E-state index in [0.29, 0.717) is 11.6 Å². The lowest BCUT2D eigenvalue weighted by atomic mass is 9.88. The van der Waals surface area contributed by atoms with E-state index < -0.39 is 12.2 Å². The van der Waals surface area contributed by atoms with Crippen LogP contribution in [0.4, 0.5) is 16.2 Å². The number of aryl methyl sites for hydroxylation is 1. The molecule has 2 aromatic rings. The molecule has 2 aliphatic rings. The second kappa shape index (κ2) is 9.25. The number of para-hydroxylation sites is 1. The van der Waals surface area contributed by atoms with Crippen molar-refractivity contribution in [2.45, 2.75) is 58.8 Å². The zero-order valence-electron chi connectivity index (χ0n) is 20.0. The first-order chi connectivity index (χ1) is 15.7. The number of carbonyl (C=O) groups is 2. The van der Waals surface area contributed by atoms with Crippen LogP contribution in [0.25, 0.3) is 0 Å². The minimum absolute atomic E-state index is 0.274. The highest BCUT2D eigenvalue weighted by atomic mass is 16.2. The van der Waals surface area contributed by atoms with E-state index in [4.69, 9.17) is 4.99 Å². The summed E-state index contributed by atoms with van der Waals surface area (Å²) in [6, 6.07) is 15.4. The maximum Gasteiger partial charge on any atom is 0.321 e. The number of nitrogens with zero attached hydrogens (tertiary/aromatic N) is 3. The fraction of sp³-hybridized carbons (Fsp3) is 0.423. The van der Waals surface area contributed by atoms with Crippen LogP contribution in [-0.2, 0) is 4.79 Å². The van der Waals surface area contributed by atoms with E-state index in [0.717, 1.165) is 35.5 Å². The monoisotopic (exact) mass is 447 g/mol. The molecule has 1 fully saturated rings. The van der Waals surface area contributed by atoms with Gasteiger partial charge in [0.15, 0.2) is 0 Å². The van der Waals surface area contributed by atoms with Crippen molar-refractivity contribution in [2.24, 2.45) is 10.9 Å². The molecule has 3 unspecified atom stereocenters. The molecule has 1 saturated heterocycles. The molecule has 2 aliphatic heterocycles. The Morgan fingerprint density at radius 1 is 1.03 bits per heavy atom. The van der Waals surface area contributed by atoms with Crippen molar-refractivity contribution < 1.29 is 9.59 Å². The molecular formula is C26H33N5O2. The Kier molecular flexibility index (Phi) is 6.40. The number of likely N-dealkylation sites (N-methyl/N-ethyl adjacent to an activating group) is 1. The Morgan fingerprint density at radius 3 is 2.42 bits per heavy atom. The number of benzene rings is 2. The fourth-order valence-electron chi connectivity index (χ4n) is 5.16. The third kappa shape index (κ3) is 4.72. The molecule has 7 heteroatoms. The molecule has 2 aromatic carbocycles. The van der Waals surface area contributed by atoms with E-state index in [1.54, 1.807) is 11.9 Å². The van der Waals surface area contributed by atoms with Crippen LogP contribution in [0.3, 0.4) is 0 Å². The van der Waals surface area contributed by atoms with Crippen molar-refractivity contribution in [3.05, 3.63) is 59.7 Å². The van der Waals surface area contributed by atoms with Gasteiger partial charge >= 0.3 is 6.03 Å². The highest BCUT2D eigenvalue weighted by molar-refractivity contribution is 6.12. The molecule has 2 heterocycles. The van der Waals surface area contributed by atoms with Crippen LogP contribution in [-0.4, -0.2) is 48.0 Å². The molecule has 0 aromatic heterocycles. The molecule has 0 radical (unpaired) electrons. The first kappa shape index (κ1) is 22.8. The van der Waals surface area contributed by atoms with Crippen LogP contribution in [0, 0.1) is 12.8 Å². The van der Waals surface area contributed by atoms with Gasteiger partial charge in [-0.15, -0.1) is 0 Å². The second-order valence-corrected chi connectivity index (χ2v) is 9.42. The molecule has 3 amide bonds. The number of amides is 3. The Labute approximate surface area is 195 Å². The van der Waals surface area contributed by atoms with E-state index in [1.807, 2.05) is 55.5 Å². The topological polar surface area (TPSA) is 77.0 Å². The maximum absolute atomic E-state index is 13.4. The summed E-state index contributed by atoms with van der Waals surface area (Å²) >= 11 is 0. The number of hydrogen-bond acceptors (Lipinski definition) is 4. The highest BCUT2D eigenvalue weighted by Gasteiger charge is 2.37. The van der Waals surface area contributed by atoms with Crippen molar-refractivity contribution in [2.75, 3.05) is 17.3 Å². The van der Waals surface area contributed by atoms with Crippen LogP contribution in [0.2, 0.25) is 0 Å². The Hall–Kier alpha value is -3.35. The number of aliphatic imine (C=N–C) groups is 1. The van der Waals surface area contributed by atoms with Crippen molar-refractivity contribution in [1.29, 1.82) is 0 Å². The predicted molar refractivity (Wildman–Crippen MR) is 133 cm³/mol. The molecule has 0 spiro atoms. The third-order valence-corrected chi connectivity index (χ3v) is 6.55. The fourth-order valence-corrected chi connectivity index (χ4v) is 5.16. The summed E-state index contributed by atoms with van der Waals surface area (Å²) in [6.45, 7) is 8.66. The molecular weight excluding hydrogens is 414 g/mol. The molecule has 0 saturated carbocycles. The SMILES string of the molecule is Cc1cccc(NC(=O)NC2N=C(N3C(C)CC(C)CC3C)c3ccccc3N(C)C2=O)c1. The number of urea groups is 1. The third-order valence-electron chi connectivity index (χ3n) is 6.55. The number of nitrogens with one attached hydrogen (secondary N) is 2. The van der Waals surface area contributed by atoms with Gasteiger partial charge in [0.1, 0.15) is 5.84 Å². The van der Waals surface area contributed by atoms with Crippen molar-refractivity contribution in [3.8, 4) is 0 Å². The Morgan fingerprint density at radius 2 is 1.73 bits per heavy atom. The minimum atomic E-state index is -1.03. The summed E-state index contributed by atoms with van der Waals surface area (Å²) in [6.07, 6.45) is 1.09. The van der Waals surface area contributed by atoms with Crippen molar-refractivity contribution >= 4 is 29.1 Å². The lowest BCUT2D eigenvalue weighted by Gasteiger charge is -2.44. The summed E-state index contributed by atoms with van der Waals surface area (Å²) < 4.78 is 0. The number of amidine groups is 1. The maximum atomic E-state index is 13.4. The van der Waals surface area contributed by atoms with Crippen LogP contribution in [0.15, 0.2) is 53.5 Å². The predicted octanol–water partition coefficient (Wildman–Crippen LogP) is 4.37. The zero-order valence-corrected chi connectivity index (χ0v) is 20.0. The number of rotatable bonds is 2. The van der Waals surface area contributed by atoms with Gasteiger partial charge in [-0.3, -0.25) is 4.79 Å². The molecule has 33 heavy (non-hydrogen) atoms. The van der Waals surface area contributed by atoms with Crippen LogP contribution in [0.5, 0.6) is 0 Å². The van der Waals surface area contributed by atoms with Gasteiger partial charge in [0.05, 0.1) is 5.69 Å². The summed E-state index contributed by atoms with van der Waals surface area (Å²) in [5.74, 6) is 1.12. The molecule has 7 nitrogen and oxygen atoms in total. The first-order valence-corrected chi connectivity index (χ1v) is 11.6. The molecule has 3 atom stereocenters. The van der Waals surface area contributed by atoms with Gasteiger partial charge in [0, 0.05) is 30.4 Å². The number of hydrogen-bond donors (Lipinski definition) is 2. The van der Waals surface area contributed by atoms with Crippen molar-refractivity contribution in [1.82, 2.24) is 10.2 Å². The van der Waals surface area contributed by atoms with Crippen LogP contribution in [0.1, 0.15) is 44.7 Å². The average Bonchev–Trinajstić information content (AvgIpc) is 2.84. The number of benzodiazepines with no additional fused rings is 1. The quantitative estimate of drug-likeness (QED) is 0.718. The summed E-state index contributed by atoms with van der Waals surface area (Å²) in [7, 11) is 1.73. The molecule has 4 rings (SSSR count). The average molecular weight is 448 g/mol. The van der Waals surface area contributed by atoms with E-state index in [2.05, 4.69) is 36.3 Å². The summed E-state index contributed by atoms with van der Waals surface area (Å²) in [5, 5.41) is 5.62. The molecule has 174 valence electrons. The second-order valence-electron chi connectivity index (χ2n) is 9.42. The van der Waals surface area contributed by atoms with Gasteiger partial charge in [-0.05, 0) is 69.4 Å². The van der Waals surface area contributed by atoms with Gasteiger partial charge in [-0.1, -0.05) is 31.2 Å². The van der Waals surface area contributed by atoms with Gasteiger partial charge in [-0.25, -0.2) is 9.79 Å². The zero-order chi connectivity index (χ0) is 23.7. The summed E-state index contributed by atoms with van der Waals surface area (Å²) in [5.41, 5.74) is 3.41. The summed E-state index contributed by atoms with van der Waals surface area (Å²) in [4.78, 5) is 34.9. The van der Waals surface area contributed by atoms with Gasteiger partial charge < -0.3 is 20.4 Å². The minimum Gasteiger partial charge on any atom is -0.351 e. The van der Waals surface area contributed by atoms with Crippen LogP contribution >= 0.6 is 0 Å². The van der Waals surface area contributed by atoms with Gasteiger partial charge in [0.25, 0.3) is 5.91 Å². The van der Waals surface area contributed by atoms with E-state index in [-0.39, 0.29) is 18.0 Å². The number of piperidine rings is 1. The van der Waals surface area contributed by atoms with Gasteiger partial charge in [0.2, 0.25) is 6.17 Å². The largest absolute Gasteiger partial charge is 0.351 e. The normalized spacial score (nSPS) is 25.1. The Balaban J connectivity index is 1.69. The molecule has 2 N–H and O–H groups in total. The number of likely N-dealkylation sites (tertiary alicyclic amines) is 1. The van der Waals surface area contributed by atoms with Crippen LogP contribution < -0.4 is 15.5 Å². The highest BCUT2D eigenvalue weighted by Crippen LogP contribution is 2.33. The lowest BCUT2D eigenvalue weighted by Crippen LogP contribution is -2.51. The molecule has 0 bridgehead atoms. The van der Waals surface area contributed by atoms with Gasteiger partial charge in [-0.2, -0.15) is 0 Å². The van der Waals surface area contributed by atoms with E-state index in [9.17, 15) is 9.59 Å². The number of fused-ring (bicyclic) bond motifs is 1.